The first-order valence-electron chi connectivity index (χ1n) is 17.3. The van der Waals surface area contributed by atoms with Crippen LogP contribution in [-0.4, -0.2) is 0 Å². The molecule has 9 aromatic carbocycles. The molecule has 0 amide bonds. The standard InChI is InChI=1S/C48H36N2/c1-33-45-27-25-43(49(39-17-5-3-6-18-39)41-23-21-35-13-9-11-15-37(35)29-41)31-47(45)34(2)48-32-44(26-28-46(33)48)50(40-19-7-4-8-20-40)42-24-22-36-14-10-12-16-38(36)30-42/h3-32H,1-2H3. The maximum atomic E-state index is 2.38. The summed E-state index contributed by atoms with van der Waals surface area (Å²) in [6.45, 7) is 4.55. The van der Waals surface area contributed by atoms with Crippen molar-refractivity contribution in [1.29, 1.82) is 0 Å². The van der Waals surface area contributed by atoms with Crippen LogP contribution < -0.4 is 9.80 Å². The van der Waals surface area contributed by atoms with Crippen LogP contribution in [0.25, 0.3) is 43.1 Å². The average molecular weight is 641 g/mol. The highest BCUT2D eigenvalue weighted by Gasteiger charge is 2.18. The van der Waals surface area contributed by atoms with Gasteiger partial charge < -0.3 is 9.80 Å². The lowest BCUT2D eigenvalue weighted by atomic mass is 9.92. The molecule has 0 saturated heterocycles. The van der Waals surface area contributed by atoms with Crippen molar-refractivity contribution >= 4 is 77.2 Å². The van der Waals surface area contributed by atoms with Gasteiger partial charge in [0.25, 0.3) is 0 Å². The van der Waals surface area contributed by atoms with Gasteiger partial charge in [0, 0.05) is 34.1 Å². The van der Waals surface area contributed by atoms with Gasteiger partial charge in [0.05, 0.1) is 0 Å². The van der Waals surface area contributed by atoms with Gasteiger partial charge in [-0.1, -0.05) is 109 Å². The second-order valence-electron chi connectivity index (χ2n) is 13.1. The minimum atomic E-state index is 1.13. The van der Waals surface area contributed by atoms with Crippen molar-refractivity contribution in [3.8, 4) is 0 Å². The van der Waals surface area contributed by atoms with E-state index in [0.717, 1.165) is 34.1 Å². The van der Waals surface area contributed by atoms with Crippen molar-refractivity contribution in [3.63, 3.8) is 0 Å². The Morgan fingerprint density at radius 3 is 1.04 bits per heavy atom. The summed E-state index contributed by atoms with van der Waals surface area (Å²) in [5.74, 6) is 0. The number of rotatable bonds is 6. The molecule has 50 heavy (non-hydrogen) atoms. The van der Waals surface area contributed by atoms with E-state index in [0.29, 0.717) is 0 Å². The molecule has 0 spiro atoms. The number of para-hydroxylation sites is 2. The topological polar surface area (TPSA) is 6.48 Å². The summed E-state index contributed by atoms with van der Waals surface area (Å²) < 4.78 is 0. The SMILES string of the molecule is Cc1c2ccc(N(c3ccccc3)c3ccc4ccccc4c3)cc2c(C)c2cc(N(c3ccccc3)c3ccc4ccccc4c3)ccc12. The average Bonchev–Trinajstić information content (AvgIpc) is 3.18. The van der Waals surface area contributed by atoms with E-state index in [2.05, 4.69) is 206 Å². The first-order valence-corrected chi connectivity index (χ1v) is 17.3. The molecule has 0 unspecified atom stereocenters. The Morgan fingerprint density at radius 2 is 0.600 bits per heavy atom. The Kier molecular flexibility index (Phi) is 7.29. The summed E-state index contributed by atoms with van der Waals surface area (Å²) in [7, 11) is 0. The predicted molar refractivity (Wildman–Crippen MR) is 215 cm³/mol. The number of fused-ring (bicyclic) bond motifs is 4. The predicted octanol–water partition coefficient (Wildman–Crippen LogP) is 13.9. The van der Waals surface area contributed by atoms with Crippen LogP contribution in [0, 0.1) is 13.8 Å². The van der Waals surface area contributed by atoms with Gasteiger partial charge in [-0.2, -0.15) is 0 Å². The molecule has 0 bridgehead atoms. The molecule has 0 N–H and O–H groups in total. The van der Waals surface area contributed by atoms with E-state index in [4.69, 9.17) is 0 Å². The molecule has 0 saturated carbocycles. The van der Waals surface area contributed by atoms with Gasteiger partial charge in [-0.15, -0.1) is 0 Å². The van der Waals surface area contributed by atoms with Gasteiger partial charge in [0.2, 0.25) is 0 Å². The quantitative estimate of drug-likeness (QED) is 0.167. The Bertz CT molecular complexity index is 2490. The highest BCUT2D eigenvalue weighted by Crippen LogP contribution is 2.43. The molecule has 9 rings (SSSR count). The van der Waals surface area contributed by atoms with Crippen LogP contribution in [0.15, 0.2) is 182 Å². The van der Waals surface area contributed by atoms with Crippen LogP contribution in [0.3, 0.4) is 0 Å². The van der Waals surface area contributed by atoms with E-state index in [9.17, 15) is 0 Å². The molecule has 2 heteroatoms. The van der Waals surface area contributed by atoms with E-state index in [-0.39, 0.29) is 0 Å². The summed E-state index contributed by atoms with van der Waals surface area (Å²) in [6, 6.07) is 65.9. The third-order valence-electron chi connectivity index (χ3n) is 10.2. The molecular weight excluding hydrogens is 605 g/mol. The third kappa shape index (κ3) is 5.14. The maximum Gasteiger partial charge on any atom is 0.0468 e. The Balaban J connectivity index is 1.23. The molecule has 0 aliphatic heterocycles. The normalized spacial score (nSPS) is 11.4. The Morgan fingerprint density at radius 1 is 0.260 bits per heavy atom. The number of anilines is 6. The summed E-state index contributed by atoms with van der Waals surface area (Å²) in [6.07, 6.45) is 0. The second kappa shape index (κ2) is 12.3. The molecule has 2 nitrogen and oxygen atoms in total. The van der Waals surface area contributed by atoms with Gasteiger partial charge in [-0.05, 0) is 141 Å². The highest BCUT2D eigenvalue weighted by molar-refractivity contribution is 6.08. The molecular formula is C48H36N2. The molecule has 0 atom stereocenters. The maximum absolute atomic E-state index is 2.38. The number of nitrogens with zero attached hydrogens (tertiary/aromatic N) is 2. The zero-order valence-corrected chi connectivity index (χ0v) is 28.2. The zero-order valence-electron chi connectivity index (χ0n) is 28.2. The lowest BCUT2D eigenvalue weighted by Crippen LogP contribution is -2.10. The largest absolute Gasteiger partial charge is 0.310 e. The van der Waals surface area contributed by atoms with E-state index in [1.807, 2.05) is 0 Å². The molecule has 0 aliphatic carbocycles. The van der Waals surface area contributed by atoms with Gasteiger partial charge in [0.1, 0.15) is 0 Å². The first kappa shape index (κ1) is 29.7. The van der Waals surface area contributed by atoms with Crippen LogP contribution in [0.2, 0.25) is 0 Å². The zero-order chi connectivity index (χ0) is 33.6. The summed E-state index contributed by atoms with van der Waals surface area (Å²) in [5.41, 5.74) is 9.40. The minimum absolute atomic E-state index is 1.13. The molecule has 0 aromatic heterocycles. The minimum Gasteiger partial charge on any atom is -0.310 e. The van der Waals surface area contributed by atoms with E-state index < -0.39 is 0 Å². The fraction of sp³-hybridized carbons (Fsp3) is 0.0417. The summed E-state index contributed by atoms with van der Waals surface area (Å²) in [5, 5.41) is 10.0. The van der Waals surface area contributed by atoms with Crippen molar-refractivity contribution in [2.45, 2.75) is 13.8 Å². The van der Waals surface area contributed by atoms with Crippen molar-refractivity contribution in [1.82, 2.24) is 0 Å². The Hall–Kier alpha value is -6.38. The number of benzene rings is 9. The smallest absolute Gasteiger partial charge is 0.0468 e. The summed E-state index contributed by atoms with van der Waals surface area (Å²) >= 11 is 0. The van der Waals surface area contributed by atoms with Crippen LogP contribution in [0.4, 0.5) is 34.1 Å². The Labute approximate surface area is 293 Å². The summed E-state index contributed by atoms with van der Waals surface area (Å²) in [4.78, 5) is 4.75. The third-order valence-corrected chi connectivity index (χ3v) is 10.2. The first-order chi connectivity index (χ1) is 24.6. The molecule has 0 aliphatic rings. The lowest BCUT2D eigenvalue weighted by Gasteiger charge is -2.27. The van der Waals surface area contributed by atoms with Crippen LogP contribution >= 0.6 is 0 Å². The van der Waals surface area contributed by atoms with Crippen molar-refractivity contribution in [2.24, 2.45) is 0 Å². The monoisotopic (exact) mass is 640 g/mol. The fourth-order valence-corrected chi connectivity index (χ4v) is 7.59. The second-order valence-corrected chi connectivity index (χ2v) is 13.1. The van der Waals surface area contributed by atoms with E-state index >= 15 is 0 Å². The highest BCUT2D eigenvalue weighted by atomic mass is 15.1. The van der Waals surface area contributed by atoms with Crippen molar-refractivity contribution < 1.29 is 0 Å². The van der Waals surface area contributed by atoms with Crippen LogP contribution in [0.5, 0.6) is 0 Å². The van der Waals surface area contributed by atoms with Gasteiger partial charge in [0.15, 0.2) is 0 Å². The van der Waals surface area contributed by atoms with E-state index in [1.165, 1.54) is 54.2 Å². The van der Waals surface area contributed by atoms with Crippen LogP contribution in [-0.2, 0) is 0 Å². The molecule has 0 radical (unpaired) electrons. The van der Waals surface area contributed by atoms with E-state index in [1.54, 1.807) is 0 Å². The number of hydrogen-bond donors (Lipinski definition) is 0. The van der Waals surface area contributed by atoms with Crippen molar-refractivity contribution in [2.75, 3.05) is 9.80 Å². The molecule has 9 aromatic rings. The van der Waals surface area contributed by atoms with Crippen molar-refractivity contribution in [3.05, 3.63) is 193 Å². The van der Waals surface area contributed by atoms with Gasteiger partial charge >= 0.3 is 0 Å². The lowest BCUT2D eigenvalue weighted by molar-refractivity contribution is 1.29. The molecule has 0 fully saturated rings. The molecule has 238 valence electrons. The van der Waals surface area contributed by atoms with Gasteiger partial charge in [-0.25, -0.2) is 0 Å². The number of hydrogen-bond acceptors (Lipinski definition) is 2. The fourth-order valence-electron chi connectivity index (χ4n) is 7.59. The van der Waals surface area contributed by atoms with Crippen LogP contribution in [0.1, 0.15) is 11.1 Å². The molecule has 0 heterocycles. The number of aryl methyl sites for hydroxylation is 2. The van der Waals surface area contributed by atoms with Gasteiger partial charge in [-0.3, -0.25) is 0 Å².